The van der Waals surface area contributed by atoms with Gasteiger partial charge in [0.05, 0.1) is 12.1 Å². The zero-order valence-corrected chi connectivity index (χ0v) is 12.7. The summed E-state index contributed by atoms with van der Waals surface area (Å²) in [5.41, 5.74) is 2.61. The van der Waals surface area contributed by atoms with Gasteiger partial charge in [-0.1, -0.05) is 27.6 Å². The van der Waals surface area contributed by atoms with Crippen LogP contribution >= 0.6 is 27.3 Å². The summed E-state index contributed by atoms with van der Waals surface area (Å²) < 4.78 is 2.78. The summed E-state index contributed by atoms with van der Waals surface area (Å²) >= 11 is 5.00. The summed E-state index contributed by atoms with van der Waals surface area (Å²) in [5.74, 6) is 0.0846. The second kappa shape index (κ2) is 4.90. The smallest absolute Gasteiger partial charge is 0.193 e. The first-order valence-corrected chi connectivity index (χ1v) is 7.51. The van der Waals surface area contributed by atoms with Gasteiger partial charge in [0.2, 0.25) is 0 Å². The molecule has 0 fully saturated rings. The molecular weight excluding hydrogens is 324 g/mol. The SMILES string of the molecule is Cc1ccc(Br)c(C(=O)Cc2cn3ccsc3n2)c1. The molecule has 0 atom stereocenters. The minimum Gasteiger partial charge on any atom is -0.297 e. The first-order valence-electron chi connectivity index (χ1n) is 5.84. The molecule has 5 heteroatoms. The van der Waals surface area contributed by atoms with E-state index in [-0.39, 0.29) is 5.78 Å². The van der Waals surface area contributed by atoms with E-state index in [1.165, 1.54) is 0 Å². The van der Waals surface area contributed by atoms with Gasteiger partial charge in [0, 0.05) is 27.8 Å². The number of ketones is 1. The van der Waals surface area contributed by atoms with Gasteiger partial charge in [0.15, 0.2) is 10.7 Å². The van der Waals surface area contributed by atoms with E-state index < -0.39 is 0 Å². The Kier molecular flexibility index (Phi) is 3.24. The topological polar surface area (TPSA) is 34.4 Å². The second-order valence-electron chi connectivity index (χ2n) is 4.41. The molecule has 0 unspecified atom stereocenters. The molecule has 0 bridgehead atoms. The van der Waals surface area contributed by atoms with Crippen molar-refractivity contribution < 1.29 is 4.79 Å². The predicted molar refractivity (Wildman–Crippen MR) is 80.0 cm³/mol. The normalized spacial score (nSPS) is 11.1. The fourth-order valence-electron chi connectivity index (χ4n) is 1.97. The van der Waals surface area contributed by atoms with Crippen LogP contribution in [0.1, 0.15) is 21.6 Å². The molecule has 0 aliphatic rings. The van der Waals surface area contributed by atoms with Gasteiger partial charge in [-0.25, -0.2) is 4.98 Å². The monoisotopic (exact) mass is 334 g/mol. The summed E-state index contributed by atoms with van der Waals surface area (Å²) in [7, 11) is 0. The lowest BCUT2D eigenvalue weighted by Gasteiger charge is -2.03. The van der Waals surface area contributed by atoms with Crippen LogP contribution in [0.2, 0.25) is 0 Å². The van der Waals surface area contributed by atoms with Crippen LogP contribution in [-0.2, 0) is 6.42 Å². The number of nitrogens with zero attached hydrogens (tertiary/aromatic N) is 2. The van der Waals surface area contributed by atoms with Crippen molar-refractivity contribution in [3.8, 4) is 0 Å². The van der Waals surface area contributed by atoms with Crippen molar-refractivity contribution in [1.29, 1.82) is 0 Å². The molecule has 3 aromatic rings. The molecule has 0 saturated carbocycles. The highest BCUT2D eigenvalue weighted by molar-refractivity contribution is 9.10. The number of aryl methyl sites for hydroxylation is 1. The van der Waals surface area contributed by atoms with Crippen molar-refractivity contribution in [3.05, 3.63) is 57.3 Å². The summed E-state index contributed by atoms with van der Waals surface area (Å²) in [6, 6.07) is 5.80. The summed E-state index contributed by atoms with van der Waals surface area (Å²) in [6.45, 7) is 1.98. The molecule has 1 aromatic carbocycles. The van der Waals surface area contributed by atoms with Crippen molar-refractivity contribution in [2.45, 2.75) is 13.3 Å². The standard InChI is InChI=1S/C14H11BrN2OS/c1-9-2-3-12(15)11(6-9)13(18)7-10-8-17-4-5-19-14(17)16-10/h2-6,8H,7H2,1H3. The number of fused-ring (bicyclic) bond motifs is 1. The highest BCUT2D eigenvalue weighted by Gasteiger charge is 2.13. The van der Waals surface area contributed by atoms with Crippen LogP contribution < -0.4 is 0 Å². The minimum atomic E-state index is 0.0846. The van der Waals surface area contributed by atoms with Crippen molar-refractivity contribution in [2.24, 2.45) is 0 Å². The number of carbonyl (C=O) groups is 1. The van der Waals surface area contributed by atoms with Crippen LogP contribution in [0.5, 0.6) is 0 Å². The molecule has 3 nitrogen and oxygen atoms in total. The van der Waals surface area contributed by atoms with Gasteiger partial charge in [-0.15, -0.1) is 11.3 Å². The molecular formula is C14H11BrN2OS. The number of hydrogen-bond acceptors (Lipinski definition) is 3. The molecule has 0 saturated heterocycles. The number of rotatable bonds is 3. The number of thiazole rings is 1. The fraction of sp³-hybridized carbons (Fsp3) is 0.143. The van der Waals surface area contributed by atoms with Crippen LogP contribution in [0.4, 0.5) is 0 Å². The molecule has 2 heterocycles. The van der Waals surface area contributed by atoms with Crippen LogP contribution in [0.3, 0.4) is 0 Å². The molecule has 0 amide bonds. The Hall–Kier alpha value is -1.46. The van der Waals surface area contributed by atoms with Crippen molar-refractivity contribution in [2.75, 3.05) is 0 Å². The van der Waals surface area contributed by atoms with E-state index in [2.05, 4.69) is 20.9 Å². The maximum absolute atomic E-state index is 12.3. The molecule has 0 aliphatic carbocycles. The molecule has 96 valence electrons. The number of halogens is 1. The van der Waals surface area contributed by atoms with E-state index in [1.54, 1.807) is 11.3 Å². The van der Waals surface area contributed by atoms with Gasteiger partial charge in [0.1, 0.15) is 0 Å². The Labute approximate surface area is 123 Å². The summed E-state index contributed by atoms with van der Waals surface area (Å²) in [6.07, 6.45) is 4.19. The van der Waals surface area contributed by atoms with Crippen LogP contribution in [0, 0.1) is 6.92 Å². The number of benzene rings is 1. The highest BCUT2D eigenvalue weighted by Crippen LogP contribution is 2.20. The molecule has 0 radical (unpaired) electrons. The average Bonchev–Trinajstić information content (AvgIpc) is 2.92. The van der Waals surface area contributed by atoms with E-state index in [0.717, 1.165) is 26.3 Å². The van der Waals surface area contributed by atoms with Crippen LogP contribution in [-0.4, -0.2) is 15.2 Å². The third-order valence-electron chi connectivity index (χ3n) is 2.91. The lowest BCUT2D eigenvalue weighted by Crippen LogP contribution is -2.05. The zero-order chi connectivity index (χ0) is 13.4. The quantitative estimate of drug-likeness (QED) is 0.681. The van der Waals surface area contributed by atoms with Crippen LogP contribution in [0.25, 0.3) is 4.96 Å². The predicted octanol–water partition coefficient (Wildman–Crippen LogP) is 3.89. The van der Waals surface area contributed by atoms with Gasteiger partial charge in [-0.3, -0.25) is 9.20 Å². The number of imidazole rings is 1. The Morgan fingerprint density at radius 1 is 1.47 bits per heavy atom. The fourth-order valence-corrected chi connectivity index (χ4v) is 3.16. The maximum atomic E-state index is 12.3. The molecule has 0 aliphatic heterocycles. The summed E-state index contributed by atoms with van der Waals surface area (Å²) in [5, 5.41) is 1.98. The van der Waals surface area contributed by atoms with Gasteiger partial charge < -0.3 is 0 Å². The first kappa shape index (κ1) is 12.6. The van der Waals surface area contributed by atoms with E-state index in [9.17, 15) is 4.79 Å². The van der Waals surface area contributed by atoms with E-state index in [4.69, 9.17) is 0 Å². The Balaban J connectivity index is 1.88. The second-order valence-corrected chi connectivity index (χ2v) is 6.14. The van der Waals surface area contributed by atoms with Crippen molar-refractivity contribution in [3.63, 3.8) is 0 Å². The van der Waals surface area contributed by atoms with E-state index >= 15 is 0 Å². The average molecular weight is 335 g/mol. The largest absolute Gasteiger partial charge is 0.297 e. The lowest BCUT2D eigenvalue weighted by atomic mass is 10.0. The Morgan fingerprint density at radius 2 is 2.32 bits per heavy atom. The zero-order valence-electron chi connectivity index (χ0n) is 10.3. The third kappa shape index (κ3) is 2.48. The summed E-state index contributed by atoms with van der Waals surface area (Å²) in [4.78, 5) is 17.7. The molecule has 0 N–H and O–H groups in total. The first-order chi connectivity index (χ1) is 9.13. The van der Waals surface area contributed by atoms with E-state index in [1.807, 2.05) is 47.3 Å². The van der Waals surface area contributed by atoms with Gasteiger partial charge in [0.25, 0.3) is 0 Å². The van der Waals surface area contributed by atoms with Crippen LogP contribution in [0.15, 0.2) is 40.4 Å². The molecule has 3 rings (SSSR count). The molecule has 2 aromatic heterocycles. The van der Waals surface area contributed by atoms with Gasteiger partial charge in [-0.05, 0) is 19.1 Å². The third-order valence-corrected chi connectivity index (χ3v) is 4.37. The van der Waals surface area contributed by atoms with Crippen molar-refractivity contribution >= 4 is 38.0 Å². The van der Waals surface area contributed by atoms with Gasteiger partial charge >= 0.3 is 0 Å². The van der Waals surface area contributed by atoms with Crippen molar-refractivity contribution in [1.82, 2.24) is 9.38 Å². The van der Waals surface area contributed by atoms with Gasteiger partial charge in [-0.2, -0.15) is 0 Å². The Morgan fingerprint density at radius 3 is 3.11 bits per heavy atom. The van der Waals surface area contributed by atoms with E-state index in [0.29, 0.717) is 6.42 Å². The maximum Gasteiger partial charge on any atom is 0.193 e. The Bertz CT molecular complexity index is 731. The minimum absolute atomic E-state index is 0.0846. The number of aromatic nitrogens is 2. The number of hydrogen-bond donors (Lipinski definition) is 0. The highest BCUT2D eigenvalue weighted by atomic mass is 79.9. The molecule has 19 heavy (non-hydrogen) atoms. The molecule has 0 spiro atoms. The number of carbonyl (C=O) groups excluding carboxylic acids is 1. The lowest BCUT2D eigenvalue weighted by molar-refractivity contribution is 0.0991. The number of Topliss-reactive ketones (excluding diaryl/α,β-unsaturated/α-hetero) is 1.